The van der Waals surface area contributed by atoms with Crippen molar-refractivity contribution in [2.75, 3.05) is 6.54 Å². The summed E-state index contributed by atoms with van der Waals surface area (Å²) in [4.78, 5) is 12.5. The second-order valence-corrected chi connectivity index (χ2v) is 5.31. The van der Waals surface area contributed by atoms with Crippen LogP contribution in [-0.4, -0.2) is 12.3 Å². The summed E-state index contributed by atoms with van der Waals surface area (Å²) in [5.74, 6) is 0.00375. The topological polar surface area (TPSA) is 43.1 Å². The molecule has 0 fully saturated rings. The lowest BCUT2D eigenvalue weighted by Gasteiger charge is -2.09. The molecule has 0 saturated heterocycles. The highest BCUT2D eigenvalue weighted by atomic mass is 35.5. The molecular formula is C16H15Cl2NO. The summed E-state index contributed by atoms with van der Waals surface area (Å²) in [6.45, 7) is 0.511. The van der Waals surface area contributed by atoms with E-state index in [1.54, 1.807) is 18.2 Å². The fourth-order valence-corrected chi connectivity index (χ4v) is 2.65. The number of carbonyl (C=O) groups excluding carboxylic acids is 1. The van der Waals surface area contributed by atoms with Crippen molar-refractivity contribution in [2.45, 2.75) is 12.8 Å². The van der Waals surface area contributed by atoms with Gasteiger partial charge in [-0.25, -0.2) is 0 Å². The maximum Gasteiger partial charge on any atom is 0.167 e. The lowest BCUT2D eigenvalue weighted by atomic mass is 9.97. The van der Waals surface area contributed by atoms with E-state index in [1.165, 1.54) is 0 Å². The molecule has 0 heterocycles. The van der Waals surface area contributed by atoms with Crippen LogP contribution < -0.4 is 5.73 Å². The molecule has 0 atom stereocenters. The second-order valence-electron chi connectivity index (χ2n) is 4.50. The number of benzene rings is 2. The Labute approximate surface area is 128 Å². The molecule has 2 aromatic carbocycles. The van der Waals surface area contributed by atoms with Gasteiger partial charge in [-0.05, 0) is 36.2 Å². The molecule has 20 heavy (non-hydrogen) atoms. The summed E-state index contributed by atoms with van der Waals surface area (Å²) in [6.07, 6.45) is 0.873. The average molecular weight is 308 g/mol. The van der Waals surface area contributed by atoms with E-state index in [0.717, 1.165) is 5.56 Å². The van der Waals surface area contributed by atoms with Gasteiger partial charge in [-0.15, -0.1) is 0 Å². The van der Waals surface area contributed by atoms with Crippen molar-refractivity contribution in [2.24, 2.45) is 5.73 Å². The molecule has 2 N–H and O–H groups in total. The summed E-state index contributed by atoms with van der Waals surface area (Å²) in [7, 11) is 0. The molecule has 2 aromatic rings. The maximum atomic E-state index is 12.5. The summed E-state index contributed by atoms with van der Waals surface area (Å²) >= 11 is 12.2. The first-order chi connectivity index (χ1) is 9.63. The SMILES string of the molecule is NCCc1ccccc1C(=O)Cc1c(Cl)cccc1Cl. The molecular weight excluding hydrogens is 293 g/mol. The number of Topliss-reactive ketones (excluding diaryl/α,β-unsaturated/α-hetero) is 1. The van der Waals surface area contributed by atoms with Crippen molar-refractivity contribution in [3.63, 3.8) is 0 Å². The van der Waals surface area contributed by atoms with Crippen molar-refractivity contribution in [1.29, 1.82) is 0 Å². The molecule has 0 aliphatic carbocycles. The van der Waals surface area contributed by atoms with Gasteiger partial charge in [0, 0.05) is 22.0 Å². The Hall–Kier alpha value is -1.35. The van der Waals surface area contributed by atoms with Gasteiger partial charge in [-0.3, -0.25) is 4.79 Å². The zero-order valence-electron chi connectivity index (χ0n) is 10.9. The van der Waals surface area contributed by atoms with Gasteiger partial charge in [-0.1, -0.05) is 53.5 Å². The van der Waals surface area contributed by atoms with Crippen LogP contribution in [0.15, 0.2) is 42.5 Å². The first-order valence-electron chi connectivity index (χ1n) is 6.37. The molecule has 0 spiro atoms. The van der Waals surface area contributed by atoms with Crippen LogP contribution in [0.4, 0.5) is 0 Å². The van der Waals surface area contributed by atoms with Crippen LogP contribution in [0.3, 0.4) is 0 Å². The van der Waals surface area contributed by atoms with Crippen LogP contribution in [0.25, 0.3) is 0 Å². The monoisotopic (exact) mass is 307 g/mol. The van der Waals surface area contributed by atoms with Gasteiger partial charge in [0.15, 0.2) is 5.78 Å². The third-order valence-corrected chi connectivity index (χ3v) is 3.84. The number of hydrogen-bond acceptors (Lipinski definition) is 2. The molecule has 0 amide bonds. The predicted octanol–water partition coefficient (Wildman–Crippen LogP) is 3.92. The van der Waals surface area contributed by atoms with Gasteiger partial charge in [0.25, 0.3) is 0 Å². The van der Waals surface area contributed by atoms with Crippen molar-refractivity contribution < 1.29 is 4.79 Å². The summed E-state index contributed by atoms with van der Waals surface area (Å²) in [5, 5.41) is 1.03. The Morgan fingerprint density at radius 1 is 1.00 bits per heavy atom. The lowest BCUT2D eigenvalue weighted by Crippen LogP contribution is -2.11. The van der Waals surface area contributed by atoms with E-state index in [1.807, 2.05) is 24.3 Å². The van der Waals surface area contributed by atoms with Crippen molar-refractivity contribution in [3.8, 4) is 0 Å². The molecule has 0 saturated carbocycles. The highest BCUT2D eigenvalue weighted by molar-refractivity contribution is 6.36. The normalized spacial score (nSPS) is 10.6. The van der Waals surface area contributed by atoms with Crippen molar-refractivity contribution >= 4 is 29.0 Å². The molecule has 4 heteroatoms. The van der Waals surface area contributed by atoms with Gasteiger partial charge in [0.05, 0.1) is 0 Å². The molecule has 0 bridgehead atoms. The lowest BCUT2D eigenvalue weighted by molar-refractivity contribution is 0.0992. The second kappa shape index (κ2) is 6.89. The molecule has 0 aliphatic heterocycles. The predicted molar refractivity (Wildman–Crippen MR) is 83.7 cm³/mol. The molecule has 0 aromatic heterocycles. The van der Waals surface area contributed by atoms with Crippen LogP contribution in [-0.2, 0) is 12.8 Å². The van der Waals surface area contributed by atoms with E-state index in [4.69, 9.17) is 28.9 Å². The van der Waals surface area contributed by atoms with Crippen LogP contribution in [0.1, 0.15) is 21.5 Å². The van der Waals surface area contributed by atoms with Crippen LogP contribution >= 0.6 is 23.2 Å². The molecule has 0 radical (unpaired) electrons. The smallest absolute Gasteiger partial charge is 0.167 e. The minimum absolute atomic E-state index is 0.00375. The molecule has 0 aliphatic rings. The van der Waals surface area contributed by atoms with Gasteiger partial charge in [-0.2, -0.15) is 0 Å². The molecule has 104 valence electrons. The number of carbonyl (C=O) groups is 1. The number of ketones is 1. The number of halogens is 2. The molecule has 2 nitrogen and oxygen atoms in total. The fourth-order valence-electron chi connectivity index (χ4n) is 2.12. The van der Waals surface area contributed by atoms with Crippen molar-refractivity contribution in [1.82, 2.24) is 0 Å². The minimum Gasteiger partial charge on any atom is -0.330 e. The van der Waals surface area contributed by atoms with E-state index >= 15 is 0 Å². The Morgan fingerprint density at radius 3 is 2.30 bits per heavy atom. The van der Waals surface area contributed by atoms with Crippen molar-refractivity contribution in [3.05, 3.63) is 69.2 Å². The highest BCUT2D eigenvalue weighted by Gasteiger charge is 2.15. The van der Waals surface area contributed by atoms with E-state index in [0.29, 0.717) is 34.1 Å². The van der Waals surface area contributed by atoms with Crippen LogP contribution in [0.5, 0.6) is 0 Å². The number of hydrogen-bond donors (Lipinski definition) is 1. The zero-order chi connectivity index (χ0) is 14.5. The maximum absolute atomic E-state index is 12.5. The first-order valence-corrected chi connectivity index (χ1v) is 7.13. The van der Waals surface area contributed by atoms with Gasteiger partial charge >= 0.3 is 0 Å². The molecule has 2 rings (SSSR count). The quantitative estimate of drug-likeness (QED) is 0.851. The summed E-state index contributed by atoms with van der Waals surface area (Å²) in [6, 6.07) is 12.7. The Kier molecular flexibility index (Phi) is 5.18. The summed E-state index contributed by atoms with van der Waals surface area (Å²) in [5.41, 5.74) is 7.90. The van der Waals surface area contributed by atoms with E-state index in [-0.39, 0.29) is 12.2 Å². The summed E-state index contributed by atoms with van der Waals surface area (Å²) < 4.78 is 0. The van der Waals surface area contributed by atoms with E-state index in [2.05, 4.69) is 0 Å². The minimum atomic E-state index is 0.00375. The average Bonchev–Trinajstić information content (AvgIpc) is 2.44. The van der Waals surface area contributed by atoms with Crippen LogP contribution in [0.2, 0.25) is 10.0 Å². The highest BCUT2D eigenvalue weighted by Crippen LogP contribution is 2.26. The fraction of sp³-hybridized carbons (Fsp3) is 0.188. The van der Waals surface area contributed by atoms with Gasteiger partial charge in [0.2, 0.25) is 0 Å². The molecule has 0 unspecified atom stereocenters. The Balaban J connectivity index is 2.29. The van der Waals surface area contributed by atoms with E-state index < -0.39 is 0 Å². The van der Waals surface area contributed by atoms with Gasteiger partial charge in [0.1, 0.15) is 0 Å². The Bertz CT molecular complexity index is 605. The standard InChI is InChI=1S/C16H15Cl2NO/c17-14-6-3-7-15(18)13(14)10-16(20)12-5-2-1-4-11(12)8-9-19/h1-7H,8-10,19H2. The first kappa shape index (κ1) is 15.0. The number of rotatable bonds is 5. The largest absolute Gasteiger partial charge is 0.330 e. The third-order valence-electron chi connectivity index (χ3n) is 3.13. The van der Waals surface area contributed by atoms with Gasteiger partial charge < -0.3 is 5.73 Å². The Morgan fingerprint density at radius 2 is 1.65 bits per heavy atom. The zero-order valence-corrected chi connectivity index (χ0v) is 12.4. The van der Waals surface area contributed by atoms with E-state index in [9.17, 15) is 4.79 Å². The van der Waals surface area contributed by atoms with Crippen LogP contribution in [0, 0.1) is 0 Å². The number of nitrogens with two attached hydrogens (primary N) is 1. The third kappa shape index (κ3) is 3.40.